The lowest BCUT2D eigenvalue weighted by Crippen LogP contribution is -2.30. The molecule has 0 radical (unpaired) electrons. The first-order chi connectivity index (χ1) is 23.8. The van der Waals surface area contributed by atoms with Gasteiger partial charge in [0.25, 0.3) is 11.8 Å². The molecule has 49 heavy (non-hydrogen) atoms. The molecule has 0 saturated heterocycles. The third-order valence-corrected chi connectivity index (χ3v) is 8.71. The molecular weight excluding hydrogens is 661 g/mol. The minimum atomic E-state index is -0.521. The normalized spacial score (nSPS) is 11.0. The van der Waals surface area contributed by atoms with Gasteiger partial charge in [0.05, 0.1) is 32.3 Å². The highest BCUT2D eigenvalue weighted by atomic mass is 32.2. The Bertz CT molecular complexity index is 1930. The second-order valence-corrected chi connectivity index (χ2v) is 12.2. The second kappa shape index (κ2) is 17.0. The summed E-state index contributed by atoms with van der Waals surface area (Å²) in [6.45, 7) is 2.54. The van der Waals surface area contributed by atoms with Crippen LogP contribution in [0.4, 0.5) is 10.8 Å². The van der Waals surface area contributed by atoms with Crippen LogP contribution in [0.2, 0.25) is 0 Å². The highest BCUT2D eigenvalue weighted by Gasteiger charge is 2.16. The lowest BCUT2D eigenvalue weighted by molar-refractivity contribution is -0.114. The van der Waals surface area contributed by atoms with Gasteiger partial charge < -0.3 is 30.2 Å². The molecule has 4 aromatic carbocycles. The summed E-state index contributed by atoms with van der Waals surface area (Å²) >= 11 is 2.71. The second-order valence-electron chi connectivity index (χ2n) is 10.3. The van der Waals surface area contributed by atoms with Crippen molar-refractivity contribution in [2.75, 3.05) is 37.2 Å². The molecule has 250 valence electrons. The van der Waals surface area contributed by atoms with Crippen LogP contribution >= 0.6 is 23.1 Å². The third-order valence-electron chi connectivity index (χ3n) is 6.94. The number of hydrogen-bond donors (Lipinski definition) is 3. The Morgan fingerprint density at radius 1 is 0.857 bits per heavy atom. The van der Waals surface area contributed by atoms with Gasteiger partial charge >= 0.3 is 0 Å². The molecule has 0 aliphatic carbocycles. The number of methoxy groups -OCH3 is 2. The molecule has 3 amide bonds. The fraction of sp³-hybridized carbons (Fsp3) is 0.135. The molecule has 0 saturated carbocycles. The van der Waals surface area contributed by atoms with Crippen LogP contribution in [0, 0.1) is 0 Å². The summed E-state index contributed by atoms with van der Waals surface area (Å²) in [7, 11) is 3.06. The first kappa shape index (κ1) is 34.7. The van der Waals surface area contributed by atoms with Crippen molar-refractivity contribution in [2.24, 2.45) is 0 Å². The van der Waals surface area contributed by atoms with E-state index in [1.165, 1.54) is 37.3 Å². The zero-order chi connectivity index (χ0) is 34.6. The number of nitrogens with one attached hydrogen (secondary N) is 3. The number of ether oxygens (including phenoxy) is 3. The van der Waals surface area contributed by atoms with Gasteiger partial charge in [0.2, 0.25) is 5.91 Å². The molecule has 0 atom stereocenters. The summed E-state index contributed by atoms with van der Waals surface area (Å²) in [6, 6.07) is 28.5. The number of aromatic nitrogens is 1. The molecule has 1 aromatic heterocycles. The van der Waals surface area contributed by atoms with E-state index < -0.39 is 11.8 Å². The van der Waals surface area contributed by atoms with Gasteiger partial charge in [-0.2, -0.15) is 0 Å². The Balaban J connectivity index is 1.20. The van der Waals surface area contributed by atoms with E-state index >= 15 is 0 Å². The molecular formula is C37H34N4O6S2. The van der Waals surface area contributed by atoms with E-state index in [1.54, 1.807) is 78.9 Å². The van der Waals surface area contributed by atoms with Gasteiger partial charge in [-0.15, -0.1) is 23.1 Å². The summed E-state index contributed by atoms with van der Waals surface area (Å²) in [5, 5.41) is 10.8. The zero-order valence-electron chi connectivity index (χ0n) is 27.0. The predicted molar refractivity (Wildman–Crippen MR) is 195 cm³/mol. The molecule has 5 rings (SSSR count). The van der Waals surface area contributed by atoms with Crippen molar-refractivity contribution >= 4 is 57.7 Å². The number of rotatable bonds is 14. The minimum absolute atomic E-state index is 0.0315. The largest absolute Gasteiger partial charge is 0.494 e. The van der Waals surface area contributed by atoms with Gasteiger partial charge in [-0.1, -0.05) is 24.3 Å². The maximum absolute atomic E-state index is 13.4. The quantitative estimate of drug-likeness (QED) is 0.0813. The van der Waals surface area contributed by atoms with Crippen LogP contribution in [0.5, 0.6) is 17.2 Å². The van der Waals surface area contributed by atoms with Gasteiger partial charge in [0.1, 0.15) is 11.4 Å². The van der Waals surface area contributed by atoms with E-state index in [4.69, 9.17) is 14.2 Å². The molecule has 0 spiro atoms. The number of amides is 3. The van der Waals surface area contributed by atoms with Gasteiger partial charge in [-0.05, 0) is 91.4 Å². The summed E-state index contributed by atoms with van der Waals surface area (Å²) in [6.07, 6.45) is 1.56. The average Bonchev–Trinajstić information content (AvgIpc) is 3.60. The Hall–Kier alpha value is -5.59. The van der Waals surface area contributed by atoms with Gasteiger partial charge in [0.15, 0.2) is 16.6 Å². The number of carbonyl (C=O) groups excluding carboxylic acids is 3. The highest BCUT2D eigenvalue weighted by Crippen LogP contribution is 2.29. The van der Waals surface area contributed by atoms with Gasteiger partial charge in [0, 0.05) is 27.1 Å². The van der Waals surface area contributed by atoms with Crippen LogP contribution in [0.15, 0.2) is 113 Å². The standard InChI is InChI=1S/C37H34N4O6S2/c1-4-47-28-15-11-25(12-16-28)31-22-49-37(40-31)41-34(42)23-48-29-17-13-27(14-18-29)38-36(44)30(39-35(43)26-8-6-5-7-9-26)20-24-10-19-32(45-2)33(21-24)46-3/h5-22H,4,23H2,1-3H3,(H,38,44)(H,39,43)(H,40,41,42)/b30-20-. The molecule has 0 fully saturated rings. The molecule has 0 aliphatic heterocycles. The maximum Gasteiger partial charge on any atom is 0.272 e. The number of anilines is 2. The van der Waals surface area contributed by atoms with E-state index in [0.29, 0.717) is 40.1 Å². The van der Waals surface area contributed by atoms with Crippen molar-refractivity contribution in [3.8, 4) is 28.5 Å². The Morgan fingerprint density at radius 3 is 2.29 bits per heavy atom. The van der Waals surface area contributed by atoms with Gasteiger partial charge in [-0.25, -0.2) is 4.98 Å². The Labute approximate surface area is 292 Å². The molecule has 0 aliphatic rings. The monoisotopic (exact) mass is 694 g/mol. The summed E-state index contributed by atoms with van der Waals surface area (Å²) < 4.78 is 16.2. The van der Waals surface area contributed by atoms with E-state index in [9.17, 15) is 14.4 Å². The number of benzene rings is 4. The summed E-state index contributed by atoms with van der Waals surface area (Å²) in [4.78, 5) is 44.5. The lowest BCUT2D eigenvalue weighted by Gasteiger charge is -2.13. The third kappa shape index (κ3) is 9.72. The smallest absolute Gasteiger partial charge is 0.272 e. The topological polar surface area (TPSA) is 128 Å². The first-order valence-corrected chi connectivity index (χ1v) is 17.0. The van der Waals surface area contributed by atoms with Crippen LogP contribution in [0.3, 0.4) is 0 Å². The van der Waals surface area contributed by atoms with E-state index in [1.807, 2.05) is 36.6 Å². The van der Waals surface area contributed by atoms with Crippen molar-refractivity contribution in [3.63, 3.8) is 0 Å². The molecule has 10 nitrogen and oxygen atoms in total. The van der Waals surface area contributed by atoms with E-state index in [0.717, 1.165) is 21.9 Å². The van der Waals surface area contributed by atoms with Crippen LogP contribution in [0.1, 0.15) is 22.8 Å². The van der Waals surface area contributed by atoms with Crippen molar-refractivity contribution < 1.29 is 28.6 Å². The fourth-order valence-corrected chi connectivity index (χ4v) is 5.98. The van der Waals surface area contributed by atoms with Crippen molar-refractivity contribution in [1.29, 1.82) is 0 Å². The molecule has 3 N–H and O–H groups in total. The van der Waals surface area contributed by atoms with Crippen LogP contribution < -0.4 is 30.2 Å². The van der Waals surface area contributed by atoms with E-state index in [-0.39, 0.29) is 17.4 Å². The summed E-state index contributed by atoms with van der Waals surface area (Å²) in [5.74, 6) is 0.841. The average molecular weight is 695 g/mol. The number of thioether (sulfide) groups is 1. The molecule has 1 heterocycles. The number of thiazole rings is 1. The Kier molecular flexibility index (Phi) is 12.0. The van der Waals surface area contributed by atoms with E-state index in [2.05, 4.69) is 20.9 Å². The van der Waals surface area contributed by atoms with Crippen LogP contribution in [0.25, 0.3) is 17.3 Å². The molecule has 12 heteroatoms. The number of hydrogen-bond acceptors (Lipinski definition) is 9. The number of carbonyl (C=O) groups is 3. The number of nitrogens with zero attached hydrogens (tertiary/aromatic N) is 1. The van der Waals surface area contributed by atoms with Gasteiger partial charge in [-0.3, -0.25) is 14.4 Å². The van der Waals surface area contributed by atoms with Crippen molar-refractivity contribution in [2.45, 2.75) is 11.8 Å². The molecule has 0 bridgehead atoms. The van der Waals surface area contributed by atoms with Crippen molar-refractivity contribution in [1.82, 2.24) is 10.3 Å². The maximum atomic E-state index is 13.4. The SMILES string of the molecule is CCOc1ccc(-c2csc(NC(=O)CSc3ccc(NC(=O)/C(=C/c4ccc(OC)c(OC)c4)NC(=O)c4ccccc4)cc3)n2)cc1. The summed E-state index contributed by atoms with van der Waals surface area (Å²) in [5.41, 5.74) is 3.27. The highest BCUT2D eigenvalue weighted by molar-refractivity contribution is 8.00. The zero-order valence-corrected chi connectivity index (χ0v) is 28.7. The molecule has 5 aromatic rings. The Morgan fingerprint density at radius 2 is 1.59 bits per heavy atom. The minimum Gasteiger partial charge on any atom is -0.494 e. The molecule has 0 unspecified atom stereocenters. The van der Waals surface area contributed by atoms with Crippen LogP contribution in [-0.4, -0.2) is 49.3 Å². The first-order valence-electron chi connectivity index (χ1n) is 15.2. The van der Waals surface area contributed by atoms with Crippen molar-refractivity contribution in [3.05, 3.63) is 119 Å². The fourth-order valence-electron chi connectivity index (χ4n) is 4.54. The lowest BCUT2D eigenvalue weighted by atomic mass is 10.1. The predicted octanol–water partition coefficient (Wildman–Crippen LogP) is 7.37. The van der Waals surface area contributed by atoms with Crippen LogP contribution in [-0.2, 0) is 9.59 Å².